The molecular formula is C17H16N4O4. The second kappa shape index (κ2) is 7.82. The lowest BCUT2D eigenvalue weighted by atomic mass is 10.2. The maximum Gasteiger partial charge on any atom is 0.337 e. The monoisotopic (exact) mass is 340 g/mol. The zero-order valence-electron chi connectivity index (χ0n) is 13.6. The number of azo groups is 1. The molecule has 1 amide bonds. The lowest BCUT2D eigenvalue weighted by Gasteiger charge is -2.06. The number of nitrogens with one attached hydrogen (secondary N) is 1. The third-order valence-corrected chi connectivity index (χ3v) is 3.08. The molecule has 0 saturated carbocycles. The van der Waals surface area contributed by atoms with Crippen molar-refractivity contribution < 1.29 is 19.8 Å². The fraction of sp³-hybridized carbons (Fsp3) is 0.118. The zero-order valence-corrected chi connectivity index (χ0v) is 13.6. The number of nitrogens with zero attached hydrogens (tertiary/aromatic N) is 3. The molecule has 128 valence electrons. The number of amides is 1. The molecule has 0 bridgehead atoms. The lowest BCUT2D eigenvalue weighted by molar-refractivity contribution is -0.113. The van der Waals surface area contributed by atoms with Gasteiger partial charge in [0.2, 0.25) is 0 Å². The van der Waals surface area contributed by atoms with Crippen LogP contribution in [0.25, 0.3) is 0 Å². The topological polar surface area (TPSA) is 124 Å². The number of benzene rings is 1. The van der Waals surface area contributed by atoms with E-state index in [1.807, 2.05) is 0 Å². The summed E-state index contributed by atoms with van der Waals surface area (Å²) < 4.78 is 0. The van der Waals surface area contributed by atoms with Crippen LogP contribution in [0.5, 0.6) is 0 Å². The predicted octanol–water partition coefficient (Wildman–Crippen LogP) is 3.60. The number of allylic oxidation sites excluding steroid dienone is 1. The Balaban J connectivity index is 2.26. The number of carbonyl (C=O) groups excluding carboxylic acids is 1. The minimum absolute atomic E-state index is 0.0650. The molecule has 3 N–H and O–H groups in total. The molecule has 25 heavy (non-hydrogen) atoms. The number of hydrogen-bond acceptors (Lipinski definition) is 6. The first-order valence-corrected chi connectivity index (χ1v) is 7.27. The van der Waals surface area contributed by atoms with E-state index in [0.717, 1.165) is 0 Å². The van der Waals surface area contributed by atoms with Gasteiger partial charge in [-0.2, -0.15) is 0 Å². The molecule has 1 aromatic carbocycles. The number of aliphatic hydroxyl groups excluding tert-OH is 1. The molecular weight excluding hydrogens is 324 g/mol. The van der Waals surface area contributed by atoms with Crippen molar-refractivity contribution in [3.05, 3.63) is 65.2 Å². The predicted molar refractivity (Wildman–Crippen MR) is 90.8 cm³/mol. The number of carboxylic acid groups (broad SMARTS) is 1. The van der Waals surface area contributed by atoms with Crippen molar-refractivity contribution in [2.45, 2.75) is 13.8 Å². The highest BCUT2D eigenvalue weighted by Gasteiger charge is 2.15. The van der Waals surface area contributed by atoms with Crippen LogP contribution < -0.4 is 5.32 Å². The van der Waals surface area contributed by atoms with Gasteiger partial charge in [0.1, 0.15) is 17.3 Å². The smallest absolute Gasteiger partial charge is 0.337 e. The summed E-state index contributed by atoms with van der Waals surface area (Å²) in [6.45, 7) is 3.05. The molecule has 0 radical (unpaired) electrons. The maximum atomic E-state index is 12.3. The van der Waals surface area contributed by atoms with E-state index in [9.17, 15) is 14.7 Å². The van der Waals surface area contributed by atoms with E-state index in [1.54, 1.807) is 37.3 Å². The van der Waals surface area contributed by atoms with Crippen molar-refractivity contribution >= 4 is 23.4 Å². The summed E-state index contributed by atoms with van der Waals surface area (Å²) >= 11 is 0. The van der Waals surface area contributed by atoms with Crippen LogP contribution in [0.3, 0.4) is 0 Å². The van der Waals surface area contributed by atoms with Gasteiger partial charge in [0.05, 0.1) is 5.56 Å². The van der Waals surface area contributed by atoms with E-state index in [1.165, 1.54) is 19.1 Å². The van der Waals surface area contributed by atoms with Crippen LogP contribution in [0.1, 0.15) is 23.0 Å². The number of carboxylic acids is 1. The van der Waals surface area contributed by atoms with Crippen LogP contribution in [0, 0.1) is 6.92 Å². The number of anilines is 1. The van der Waals surface area contributed by atoms with Gasteiger partial charge in [0.15, 0.2) is 5.70 Å². The van der Waals surface area contributed by atoms with Crippen molar-refractivity contribution in [2.75, 3.05) is 5.32 Å². The lowest BCUT2D eigenvalue weighted by Crippen LogP contribution is -2.15. The first kappa shape index (κ1) is 17.8. The normalized spacial score (nSPS) is 11.9. The Bertz CT molecular complexity index is 870. The van der Waals surface area contributed by atoms with Gasteiger partial charge in [0.25, 0.3) is 5.91 Å². The van der Waals surface area contributed by atoms with E-state index < -0.39 is 11.9 Å². The average molecular weight is 340 g/mol. The van der Waals surface area contributed by atoms with Gasteiger partial charge < -0.3 is 15.5 Å². The molecule has 2 rings (SSSR count). The Hall–Kier alpha value is -3.55. The third kappa shape index (κ3) is 4.71. The van der Waals surface area contributed by atoms with Crippen molar-refractivity contribution in [2.24, 2.45) is 10.2 Å². The van der Waals surface area contributed by atoms with Gasteiger partial charge in [-0.05, 0) is 38.1 Å². The van der Waals surface area contributed by atoms with Crippen LogP contribution in [0.2, 0.25) is 0 Å². The third-order valence-electron chi connectivity index (χ3n) is 3.08. The first-order chi connectivity index (χ1) is 11.9. The number of rotatable bonds is 5. The van der Waals surface area contributed by atoms with Crippen LogP contribution in [-0.4, -0.2) is 27.1 Å². The summed E-state index contributed by atoms with van der Waals surface area (Å²) in [5, 5.41) is 28.8. The van der Waals surface area contributed by atoms with Gasteiger partial charge in [-0.25, -0.2) is 9.78 Å². The molecule has 0 aliphatic rings. The maximum absolute atomic E-state index is 12.3. The van der Waals surface area contributed by atoms with E-state index in [-0.39, 0.29) is 22.7 Å². The van der Waals surface area contributed by atoms with E-state index in [2.05, 4.69) is 20.5 Å². The van der Waals surface area contributed by atoms with E-state index in [0.29, 0.717) is 11.5 Å². The van der Waals surface area contributed by atoms with Gasteiger partial charge >= 0.3 is 5.97 Å². The Morgan fingerprint density at radius 2 is 1.80 bits per heavy atom. The molecule has 8 nitrogen and oxygen atoms in total. The van der Waals surface area contributed by atoms with Gasteiger partial charge in [0, 0.05) is 5.69 Å². The highest BCUT2D eigenvalue weighted by atomic mass is 16.4. The molecule has 0 aliphatic heterocycles. The van der Waals surface area contributed by atoms with Gasteiger partial charge in [-0.3, -0.25) is 4.79 Å². The van der Waals surface area contributed by atoms with Crippen molar-refractivity contribution in [3.63, 3.8) is 0 Å². The number of aliphatic hydroxyl groups is 1. The first-order valence-electron chi connectivity index (χ1n) is 7.27. The standard InChI is InChI=1S/C17H16N4O4/c1-10-6-5-9-14(18-10)19-16(23)15(11(2)22)21-20-13-8-4-3-7-12(13)17(24)25/h3-9,22H,1-2H3,(H,24,25)(H,18,19,23). The van der Waals surface area contributed by atoms with Crippen molar-refractivity contribution in [1.82, 2.24) is 4.98 Å². The number of hydrogen-bond donors (Lipinski definition) is 3. The summed E-state index contributed by atoms with van der Waals surface area (Å²) in [5.74, 6) is -1.95. The summed E-state index contributed by atoms with van der Waals surface area (Å²) in [6.07, 6.45) is 0. The van der Waals surface area contributed by atoms with Crippen LogP contribution >= 0.6 is 0 Å². The second-order valence-electron chi connectivity index (χ2n) is 5.07. The molecule has 0 aliphatic carbocycles. The fourth-order valence-electron chi connectivity index (χ4n) is 1.92. The molecule has 0 atom stereocenters. The van der Waals surface area contributed by atoms with Crippen LogP contribution in [0.15, 0.2) is 64.1 Å². The SMILES string of the molecule is CC(O)=C(N=Nc1ccccc1C(=O)O)C(=O)Nc1cccc(C)n1. The summed E-state index contributed by atoms with van der Waals surface area (Å²) in [7, 11) is 0. The molecule has 8 heteroatoms. The molecule has 0 saturated heterocycles. The highest BCUT2D eigenvalue weighted by molar-refractivity contribution is 6.03. The molecule has 0 spiro atoms. The summed E-state index contributed by atoms with van der Waals surface area (Å²) in [4.78, 5) is 27.5. The fourth-order valence-corrected chi connectivity index (χ4v) is 1.92. The minimum Gasteiger partial charge on any atom is -0.510 e. The Morgan fingerprint density at radius 1 is 1.08 bits per heavy atom. The van der Waals surface area contributed by atoms with Gasteiger partial charge in [-0.1, -0.05) is 18.2 Å². The Morgan fingerprint density at radius 3 is 2.44 bits per heavy atom. The van der Waals surface area contributed by atoms with Gasteiger partial charge in [-0.15, -0.1) is 10.2 Å². The molecule has 0 fully saturated rings. The number of pyridine rings is 1. The summed E-state index contributed by atoms with van der Waals surface area (Å²) in [5.41, 5.74) is 0.363. The van der Waals surface area contributed by atoms with E-state index in [4.69, 9.17) is 5.11 Å². The quantitative estimate of drug-likeness (QED) is 0.436. The highest BCUT2D eigenvalue weighted by Crippen LogP contribution is 2.21. The number of aromatic carboxylic acids is 1. The number of aromatic nitrogens is 1. The minimum atomic E-state index is -1.17. The largest absolute Gasteiger partial charge is 0.510 e. The number of carbonyl (C=O) groups is 2. The van der Waals surface area contributed by atoms with Crippen molar-refractivity contribution in [1.29, 1.82) is 0 Å². The molecule has 2 aromatic rings. The van der Waals surface area contributed by atoms with Crippen LogP contribution in [-0.2, 0) is 4.79 Å². The van der Waals surface area contributed by atoms with E-state index >= 15 is 0 Å². The number of aryl methyl sites for hydroxylation is 1. The summed E-state index contributed by atoms with van der Waals surface area (Å²) in [6, 6.07) is 11.0. The Kier molecular flexibility index (Phi) is 5.57. The average Bonchev–Trinajstić information content (AvgIpc) is 2.55. The molecule has 0 unspecified atom stereocenters. The second-order valence-corrected chi connectivity index (χ2v) is 5.07. The molecule has 1 aromatic heterocycles. The van der Waals surface area contributed by atoms with Crippen molar-refractivity contribution in [3.8, 4) is 0 Å². The Labute approximate surface area is 143 Å². The van der Waals surface area contributed by atoms with Crippen LogP contribution in [0.4, 0.5) is 11.5 Å². The molecule has 1 heterocycles. The zero-order chi connectivity index (χ0) is 18.4.